The van der Waals surface area contributed by atoms with Crippen LogP contribution in [0.5, 0.6) is 0 Å². The van der Waals surface area contributed by atoms with Crippen LogP contribution in [0, 0.1) is 12.8 Å². The van der Waals surface area contributed by atoms with Crippen molar-refractivity contribution < 1.29 is 5.11 Å². The Morgan fingerprint density at radius 3 is 2.62 bits per heavy atom. The largest absolute Gasteiger partial charge is 0.391 e. The molecule has 1 aromatic heterocycles. The fourth-order valence-corrected chi connectivity index (χ4v) is 2.04. The first-order valence-electron chi connectivity index (χ1n) is 5.85. The predicted octanol–water partition coefficient (Wildman–Crippen LogP) is 1.70. The summed E-state index contributed by atoms with van der Waals surface area (Å²) in [5, 5.41) is 13.7. The molecule has 4 nitrogen and oxygen atoms in total. The second-order valence-corrected chi connectivity index (χ2v) is 4.56. The maximum absolute atomic E-state index is 9.37. The van der Waals surface area contributed by atoms with Crippen LogP contribution in [0.2, 0.25) is 0 Å². The molecule has 0 aliphatic carbocycles. The van der Waals surface area contributed by atoms with Crippen molar-refractivity contribution in [3.63, 3.8) is 0 Å². The van der Waals surface area contributed by atoms with Gasteiger partial charge in [-0.3, -0.25) is 4.68 Å². The molecule has 0 spiro atoms. The van der Waals surface area contributed by atoms with E-state index in [1.165, 1.54) is 0 Å². The monoisotopic (exact) mass is 225 g/mol. The molecule has 1 N–H and O–H groups in total. The summed E-state index contributed by atoms with van der Waals surface area (Å²) in [6, 6.07) is 0. The minimum absolute atomic E-state index is 0.0554. The molecule has 0 amide bonds. The van der Waals surface area contributed by atoms with Crippen LogP contribution in [0.4, 0.5) is 5.82 Å². The summed E-state index contributed by atoms with van der Waals surface area (Å²) in [6.07, 6.45) is 1.16. The van der Waals surface area contributed by atoms with Crippen molar-refractivity contribution in [1.29, 1.82) is 0 Å². The van der Waals surface area contributed by atoms with Gasteiger partial charge in [-0.05, 0) is 12.8 Å². The van der Waals surface area contributed by atoms with Crippen molar-refractivity contribution in [2.24, 2.45) is 13.0 Å². The van der Waals surface area contributed by atoms with Gasteiger partial charge in [-0.15, -0.1) is 0 Å². The zero-order valence-electron chi connectivity index (χ0n) is 11.0. The SMILES string of the molecule is CCC(C)CN(C)c1c(CO)c(C)nn1C. The zero-order chi connectivity index (χ0) is 12.3. The van der Waals surface area contributed by atoms with Gasteiger partial charge in [-0.2, -0.15) is 5.10 Å². The van der Waals surface area contributed by atoms with Crippen molar-refractivity contribution in [2.75, 3.05) is 18.5 Å². The van der Waals surface area contributed by atoms with E-state index in [4.69, 9.17) is 0 Å². The number of aliphatic hydroxyl groups excluding tert-OH is 1. The number of hydrogen-bond acceptors (Lipinski definition) is 3. The minimum Gasteiger partial charge on any atom is -0.391 e. The number of rotatable bonds is 5. The Hall–Kier alpha value is -1.03. The summed E-state index contributed by atoms with van der Waals surface area (Å²) in [7, 11) is 3.98. The van der Waals surface area contributed by atoms with Gasteiger partial charge in [0.15, 0.2) is 0 Å². The van der Waals surface area contributed by atoms with Gasteiger partial charge in [-0.1, -0.05) is 20.3 Å². The summed E-state index contributed by atoms with van der Waals surface area (Å²) in [4.78, 5) is 2.18. The van der Waals surface area contributed by atoms with E-state index in [1.807, 2.05) is 18.7 Å². The highest BCUT2D eigenvalue weighted by Crippen LogP contribution is 2.23. The molecule has 0 aliphatic rings. The van der Waals surface area contributed by atoms with Gasteiger partial charge in [0, 0.05) is 26.2 Å². The first kappa shape index (κ1) is 13.0. The normalized spacial score (nSPS) is 12.9. The molecule has 0 bridgehead atoms. The molecule has 0 saturated carbocycles. The molecule has 1 rings (SSSR count). The summed E-state index contributed by atoms with van der Waals surface area (Å²) < 4.78 is 1.85. The van der Waals surface area contributed by atoms with Crippen LogP contribution < -0.4 is 4.90 Å². The van der Waals surface area contributed by atoms with Gasteiger partial charge in [0.05, 0.1) is 12.3 Å². The molecule has 0 aromatic carbocycles. The molecule has 0 fully saturated rings. The van der Waals surface area contributed by atoms with E-state index in [0.717, 1.165) is 30.0 Å². The van der Waals surface area contributed by atoms with E-state index < -0.39 is 0 Å². The Labute approximate surface area is 97.9 Å². The van der Waals surface area contributed by atoms with Crippen LogP contribution in [0.15, 0.2) is 0 Å². The Morgan fingerprint density at radius 2 is 2.12 bits per heavy atom. The molecule has 0 saturated heterocycles. The van der Waals surface area contributed by atoms with Crippen LogP contribution in [0.1, 0.15) is 31.5 Å². The van der Waals surface area contributed by atoms with E-state index in [1.54, 1.807) is 0 Å². The maximum Gasteiger partial charge on any atom is 0.132 e. The summed E-state index contributed by atoms with van der Waals surface area (Å²) >= 11 is 0. The van der Waals surface area contributed by atoms with Crippen molar-refractivity contribution in [2.45, 2.75) is 33.8 Å². The van der Waals surface area contributed by atoms with Crippen molar-refractivity contribution in [3.8, 4) is 0 Å². The summed E-state index contributed by atoms with van der Waals surface area (Å²) in [6.45, 7) is 7.41. The standard InChI is InChI=1S/C12H23N3O/c1-6-9(2)7-14(4)12-11(8-16)10(3)13-15(12)5/h9,16H,6-8H2,1-5H3. The molecule has 1 atom stereocenters. The topological polar surface area (TPSA) is 41.3 Å². The Bertz CT molecular complexity index is 346. The van der Waals surface area contributed by atoms with Crippen molar-refractivity contribution >= 4 is 5.82 Å². The van der Waals surface area contributed by atoms with Gasteiger partial charge in [0.2, 0.25) is 0 Å². The van der Waals surface area contributed by atoms with Crippen LogP contribution in [-0.4, -0.2) is 28.5 Å². The van der Waals surface area contributed by atoms with E-state index in [0.29, 0.717) is 5.92 Å². The average molecular weight is 225 g/mol. The van der Waals surface area contributed by atoms with Gasteiger partial charge < -0.3 is 10.0 Å². The van der Waals surface area contributed by atoms with E-state index >= 15 is 0 Å². The quantitative estimate of drug-likeness (QED) is 0.829. The summed E-state index contributed by atoms with van der Waals surface area (Å²) in [5.74, 6) is 1.67. The van der Waals surface area contributed by atoms with E-state index in [9.17, 15) is 5.11 Å². The lowest BCUT2D eigenvalue weighted by atomic mass is 10.1. The third-order valence-electron chi connectivity index (χ3n) is 3.12. The number of anilines is 1. The van der Waals surface area contributed by atoms with Gasteiger partial charge >= 0.3 is 0 Å². The number of aliphatic hydroxyl groups is 1. The molecule has 1 aromatic rings. The highest BCUT2D eigenvalue weighted by Gasteiger charge is 2.17. The molecule has 16 heavy (non-hydrogen) atoms. The van der Waals surface area contributed by atoms with Gasteiger partial charge in [0.1, 0.15) is 5.82 Å². The Balaban J connectivity index is 2.93. The molecule has 4 heteroatoms. The Kier molecular flexibility index (Phi) is 4.35. The average Bonchev–Trinajstić information content (AvgIpc) is 2.52. The first-order valence-corrected chi connectivity index (χ1v) is 5.85. The lowest BCUT2D eigenvalue weighted by Gasteiger charge is -2.23. The molecule has 0 aliphatic heterocycles. The smallest absolute Gasteiger partial charge is 0.132 e. The Morgan fingerprint density at radius 1 is 1.50 bits per heavy atom. The third kappa shape index (κ3) is 2.55. The molecule has 92 valence electrons. The zero-order valence-corrected chi connectivity index (χ0v) is 11.0. The molecule has 1 heterocycles. The first-order chi connectivity index (χ1) is 7.51. The molecular weight excluding hydrogens is 202 g/mol. The fraction of sp³-hybridized carbons (Fsp3) is 0.750. The highest BCUT2D eigenvalue weighted by molar-refractivity contribution is 5.49. The summed E-state index contributed by atoms with van der Waals surface area (Å²) in [5.41, 5.74) is 1.85. The van der Waals surface area contributed by atoms with Gasteiger partial charge in [-0.25, -0.2) is 0 Å². The second-order valence-electron chi connectivity index (χ2n) is 4.56. The van der Waals surface area contributed by atoms with Crippen LogP contribution >= 0.6 is 0 Å². The van der Waals surface area contributed by atoms with Crippen LogP contribution in [0.25, 0.3) is 0 Å². The lowest BCUT2D eigenvalue weighted by molar-refractivity contribution is 0.281. The minimum atomic E-state index is 0.0554. The predicted molar refractivity (Wildman–Crippen MR) is 66.6 cm³/mol. The number of aryl methyl sites for hydroxylation is 2. The molecule has 1 unspecified atom stereocenters. The van der Waals surface area contributed by atoms with E-state index in [-0.39, 0.29) is 6.61 Å². The van der Waals surface area contributed by atoms with Crippen molar-refractivity contribution in [3.05, 3.63) is 11.3 Å². The maximum atomic E-state index is 9.37. The lowest BCUT2D eigenvalue weighted by Crippen LogP contribution is -2.26. The highest BCUT2D eigenvalue weighted by atomic mass is 16.3. The third-order valence-corrected chi connectivity index (χ3v) is 3.12. The number of hydrogen-bond donors (Lipinski definition) is 1. The van der Waals surface area contributed by atoms with Gasteiger partial charge in [0.25, 0.3) is 0 Å². The number of nitrogens with zero attached hydrogens (tertiary/aromatic N) is 3. The van der Waals surface area contributed by atoms with Crippen LogP contribution in [-0.2, 0) is 13.7 Å². The number of aromatic nitrogens is 2. The molecular formula is C12H23N3O. The van der Waals surface area contributed by atoms with E-state index in [2.05, 4.69) is 30.9 Å². The van der Waals surface area contributed by atoms with Crippen LogP contribution in [0.3, 0.4) is 0 Å². The second kappa shape index (κ2) is 5.34. The van der Waals surface area contributed by atoms with Crippen molar-refractivity contribution in [1.82, 2.24) is 9.78 Å². The fourth-order valence-electron chi connectivity index (χ4n) is 2.04. The molecule has 0 radical (unpaired) electrons.